The first-order valence-corrected chi connectivity index (χ1v) is 15.6. The molecule has 1 aliphatic rings. The predicted molar refractivity (Wildman–Crippen MR) is 172 cm³/mol. The Kier molecular flexibility index (Phi) is 11.7. The molecule has 3 aromatic rings. The highest BCUT2D eigenvalue weighted by molar-refractivity contribution is 6.01. The van der Waals surface area contributed by atoms with Crippen LogP contribution in [0, 0.1) is 5.92 Å². The topological polar surface area (TPSA) is 116 Å². The predicted octanol–water partition coefficient (Wildman–Crippen LogP) is 4.81. The van der Waals surface area contributed by atoms with Gasteiger partial charge in [0, 0.05) is 23.6 Å². The summed E-state index contributed by atoms with van der Waals surface area (Å²) in [4.78, 5) is 54.8. The molecule has 0 aromatic heterocycles. The van der Waals surface area contributed by atoms with Gasteiger partial charge in [0.1, 0.15) is 11.6 Å². The van der Waals surface area contributed by atoms with Crippen LogP contribution in [0.5, 0.6) is 0 Å². The summed E-state index contributed by atoms with van der Waals surface area (Å²) < 4.78 is 0. The number of hydrogen-bond donors (Lipinski definition) is 4. The number of nitrogens with one attached hydrogen (secondary N) is 4. The van der Waals surface area contributed by atoms with Gasteiger partial charge in [-0.15, -0.1) is 0 Å². The van der Waals surface area contributed by atoms with Gasteiger partial charge in [-0.3, -0.25) is 19.2 Å². The fourth-order valence-electron chi connectivity index (χ4n) is 5.80. The Morgan fingerprint density at radius 1 is 0.750 bits per heavy atom. The second-order valence-corrected chi connectivity index (χ2v) is 12.1. The van der Waals surface area contributed by atoms with Crippen molar-refractivity contribution in [3.8, 4) is 0 Å². The SMILES string of the molecule is CC(C)C[C@](CNC(=O)c1ccccc1)(NC(=O)c1ccccc1)C(=O)N[C@@H](Cc1ccccc1)C(=O)NC1CCCCC1. The van der Waals surface area contributed by atoms with E-state index >= 15 is 0 Å². The number of carbonyl (C=O) groups is 4. The minimum absolute atomic E-state index is 0.0333. The Morgan fingerprint density at radius 2 is 1.30 bits per heavy atom. The van der Waals surface area contributed by atoms with Crippen LogP contribution in [-0.4, -0.2) is 47.8 Å². The number of hydrogen-bond acceptors (Lipinski definition) is 4. The van der Waals surface area contributed by atoms with Crippen LogP contribution >= 0.6 is 0 Å². The van der Waals surface area contributed by atoms with E-state index in [1.807, 2.05) is 56.3 Å². The van der Waals surface area contributed by atoms with Crippen molar-refractivity contribution >= 4 is 23.6 Å². The lowest BCUT2D eigenvalue weighted by molar-refractivity contribution is -0.133. The molecular weight excluding hydrogens is 552 g/mol. The van der Waals surface area contributed by atoms with E-state index in [4.69, 9.17) is 0 Å². The third-order valence-electron chi connectivity index (χ3n) is 8.02. The van der Waals surface area contributed by atoms with E-state index in [0.717, 1.165) is 37.7 Å². The third kappa shape index (κ3) is 9.27. The standard InChI is InChI=1S/C36H44N4O4/c1-26(2)24-36(40-33(42)29-19-11-5-12-20-29,25-37-32(41)28-17-9-4-10-18-28)35(44)39-31(23-27-15-7-3-8-16-27)34(43)38-30-21-13-6-14-22-30/h3-5,7-12,15-20,26,30-31H,6,13-14,21-25H2,1-2H3,(H,37,41)(H,38,43)(H,39,44)(H,40,42)/t31-,36+/m0/s1. The zero-order valence-corrected chi connectivity index (χ0v) is 25.7. The summed E-state index contributed by atoms with van der Waals surface area (Å²) in [7, 11) is 0. The van der Waals surface area contributed by atoms with Gasteiger partial charge in [-0.25, -0.2) is 0 Å². The summed E-state index contributed by atoms with van der Waals surface area (Å²) in [6.07, 6.45) is 5.61. The molecule has 4 N–H and O–H groups in total. The molecule has 0 bridgehead atoms. The molecule has 1 aliphatic carbocycles. The lowest BCUT2D eigenvalue weighted by Gasteiger charge is -2.36. The minimum Gasteiger partial charge on any atom is -0.352 e. The maximum absolute atomic E-state index is 14.5. The minimum atomic E-state index is -1.54. The summed E-state index contributed by atoms with van der Waals surface area (Å²) in [5, 5.41) is 12.0. The zero-order valence-electron chi connectivity index (χ0n) is 25.7. The van der Waals surface area contributed by atoms with Crippen molar-refractivity contribution in [2.45, 2.75) is 76.4 Å². The van der Waals surface area contributed by atoms with Gasteiger partial charge >= 0.3 is 0 Å². The summed E-state index contributed by atoms with van der Waals surface area (Å²) in [6.45, 7) is 3.74. The van der Waals surface area contributed by atoms with Gasteiger partial charge in [0.2, 0.25) is 11.8 Å². The maximum Gasteiger partial charge on any atom is 0.252 e. The van der Waals surface area contributed by atoms with E-state index in [1.165, 1.54) is 0 Å². The van der Waals surface area contributed by atoms with Crippen LogP contribution < -0.4 is 21.3 Å². The summed E-state index contributed by atoms with van der Waals surface area (Å²) in [6, 6.07) is 26.1. The maximum atomic E-state index is 14.5. The van der Waals surface area contributed by atoms with Crippen molar-refractivity contribution in [1.82, 2.24) is 21.3 Å². The Balaban J connectivity index is 1.65. The largest absolute Gasteiger partial charge is 0.352 e. The Bertz CT molecular complexity index is 1380. The van der Waals surface area contributed by atoms with Gasteiger partial charge in [-0.05, 0) is 55.0 Å². The number of carbonyl (C=O) groups excluding carboxylic acids is 4. The molecule has 44 heavy (non-hydrogen) atoms. The molecule has 0 aliphatic heterocycles. The van der Waals surface area contributed by atoms with Gasteiger partial charge in [0.05, 0.1) is 6.54 Å². The van der Waals surface area contributed by atoms with Crippen LogP contribution in [0.2, 0.25) is 0 Å². The highest BCUT2D eigenvalue weighted by Crippen LogP contribution is 2.21. The van der Waals surface area contributed by atoms with E-state index in [9.17, 15) is 19.2 Å². The quantitative estimate of drug-likeness (QED) is 0.227. The van der Waals surface area contributed by atoms with Crippen LogP contribution in [0.15, 0.2) is 91.0 Å². The molecule has 3 aromatic carbocycles. The second kappa shape index (κ2) is 15.8. The van der Waals surface area contributed by atoms with Crippen LogP contribution in [0.4, 0.5) is 0 Å². The summed E-state index contributed by atoms with van der Waals surface area (Å²) in [5.74, 6) is -1.62. The molecule has 4 rings (SSSR count). The fourth-order valence-corrected chi connectivity index (χ4v) is 5.80. The van der Waals surface area contributed by atoms with Crippen molar-refractivity contribution in [2.24, 2.45) is 5.92 Å². The Morgan fingerprint density at radius 3 is 1.86 bits per heavy atom. The first-order chi connectivity index (χ1) is 21.3. The molecule has 1 saturated carbocycles. The van der Waals surface area contributed by atoms with Crippen LogP contribution in [0.3, 0.4) is 0 Å². The average molecular weight is 597 g/mol. The van der Waals surface area contributed by atoms with E-state index in [1.54, 1.807) is 48.5 Å². The molecule has 232 valence electrons. The fraction of sp³-hybridized carbons (Fsp3) is 0.389. The smallest absolute Gasteiger partial charge is 0.252 e. The molecule has 0 radical (unpaired) electrons. The molecule has 2 atom stereocenters. The summed E-state index contributed by atoms with van der Waals surface area (Å²) >= 11 is 0. The van der Waals surface area contributed by atoms with Gasteiger partial charge in [0.15, 0.2) is 0 Å². The molecule has 8 heteroatoms. The van der Waals surface area contributed by atoms with Gasteiger partial charge < -0.3 is 21.3 Å². The van der Waals surface area contributed by atoms with Crippen LogP contribution in [-0.2, 0) is 16.0 Å². The highest BCUT2D eigenvalue weighted by Gasteiger charge is 2.43. The van der Waals surface area contributed by atoms with Gasteiger partial charge in [0.25, 0.3) is 11.8 Å². The van der Waals surface area contributed by atoms with Crippen molar-refractivity contribution in [3.63, 3.8) is 0 Å². The first-order valence-electron chi connectivity index (χ1n) is 15.6. The molecule has 0 spiro atoms. The van der Waals surface area contributed by atoms with Crippen molar-refractivity contribution in [1.29, 1.82) is 0 Å². The van der Waals surface area contributed by atoms with Crippen molar-refractivity contribution < 1.29 is 19.2 Å². The third-order valence-corrected chi connectivity index (χ3v) is 8.02. The average Bonchev–Trinajstić information content (AvgIpc) is 3.04. The number of amides is 4. The normalized spacial score (nSPS) is 15.4. The van der Waals surface area contributed by atoms with Crippen molar-refractivity contribution in [3.05, 3.63) is 108 Å². The van der Waals surface area contributed by atoms with Gasteiger partial charge in [-0.1, -0.05) is 99.8 Å². The van der Waals surface area contributed by atoms with E-state index < -0.39 is 23.4 Å². The zero-order chi connectivity index (χ0) is 31.4. The molecule has 8 nitrogen and oxygen atoms in total. The molecular formula is C36H44N4O4. The monoisotopic (exact) mass is 596 g/mol. The second-order valence-electron chi connectivity index (χ2n) is 12.1. The van der Waals surface area contributed by atoms with Crippen LogP contribution in [0.25, 0.3) is 0 Å². The first kappa shape index (κ1) is 32.5. The lowest BCUT2D eigenvalue weighted by Crippen LogP contribution is -2.67. The molecule has 1 fully saturated rings. The molecule has 4 amide bonds. The summed E-state index contributed by atoms with van der Waals surface area (Å²) in [5.41, 5.74) is 0.191. The Hall–Kier alpha value is -4.46. The molecule has 0 heterocycles. The highest BCUT2D eigenvalue weighted by atomic mass is 16.2. The Labute approximate surface area is 260 Å². The van der Waals surface area contributed by atoms with E-state index in [0.29, 0.717) is 11.1 Å². The van der Waals surface area contributed by atoms with E-state index in [2.05, 4.69) is 21.3 Å². The number of rotatable bonds is 13. The van der Waals surface area contributed by atoms with Gasteiger partial charge in [-0.2, -0.15) is 0 Å². The molecule has 0 unspecified atom stereocenters. The number of benzene rings is 3. The van der Waals surface area contributed by atoms with Crippen molar-refractivity contribution in [2.75, 3.05) is 6.54 Å². The van der Waals surface area contributed by atoms with E-state index in [-0.39, 0.29) is 43.2 Å². The van der Waals surface area contributed by atoms with Crippen LogP contribution in [0.1, 0.15) is 78.7 Å². The molecule has 0 saturated heterocycles. The lowest BCUT2D eigenvalue weighted by atomic mass is 9.86.